The van der Waals surface area contributed by atoms with Crippen molar-refractivity contribution in [3.63, 3.8) is 0 Å². The zero-order chi connectivity index (χ0) is 10.6. The fourth-order valence-corrected chi connectivity index (χ4v) is 2.09. The van der Waals surface area contributed by atoms with E-state index in [0.717, 1.165) is 13.1 Å². The Bertz CT molecular complexity index is 161. The van der Waals surface area contributed by atoms with Crippen LogP contribution in [0.4, 0.5) is 4.39 Å². The summed E-state index contributed by atoms with van der Waals surface area (Å²) in [6.45, 7) is 7.54. The molecule has 1 atom stereocenters. The molecule has 0 spiro atoms. The molecule has 1 heterocycles. The van der Waals surface area contributed by atoms with Crippen molar-refractivity contribution in [1.29, 1.82) is 0 Å². The molecule has 1 rings (SSSR count). The van der Waals surface area contributed by atoms with Crippen LogP contribution in [0.5, 0.6) is 0 Å². The van der Waals surface area contributed by atoms with Gasteiger partial charge in [-0.2, -0.15) is 0 Å². The molecule has 0 saturated carbocycles. The molecule has 0 radical (unpaired) electrons. The van der Waals surface area contributed by atoms with Crippen LogP contribution in [0.2, 0.25) is 0 Å². The van der Waals surface area contributed by atoms with E-state index in [0.29, 0.717) is 18.5 Å². The van der Waals surface area contributed by atoms with Crippen molar-refractivity contribution in [3.8, 4) is 0 Å². The van der Waals surface area contributed by atoms with Crippen LogP contribution < -0.4 is 0 Å². The number of hydrogen-bond donors (Lipinski definition) is 0. The average Bonchev–Trinajstić information content (AvgIpc) is 2.62. The summed E-state index contributed by atoms with van der Waals surface area (Å²) in [6, 6.07) is 1.29. The van der Waals surface area contributed by atoms with Gasteiger partial charge in [0.25, 0.3) is 0 Å². The van der Waals surface area contributed by atoms with Crippen LogP contribution in [-0.4, -0.2) is 55.2 Å². The standard InChI is InChI=1S/C11H23FN2/c1-10(2)14-8-5-11(9-14)13(3)7-4-6-12/h10-11H,4-9H2,1-3H3. The van der Waals surface area contributed by atoms with Gasteiger partial charge >= 0.3 is 0 Å². The minimum absolute atomic E-state index is 0.190. The molecule has 84 valence electrons. The highest BCUT2D eigenvalue weighted by molar-refractivity contribution is 4.83. The molecule has 0 bridgehead atoms. The summed E-state index contributed by atoms with van der Waals surface area (Å²) in [7, 11) is 2.12. The Kier molecular flexibility index (Phi) is 4.82. The molecule has 1 aliphatic heterocycles. The molecule has 0 aliphatic carbocycles. The average molecular weight is 202 g/mol. The largest absolute Gasteiger partial charge is 0.302 e. The van der Waals surface area contributed by atoms with Gasteiger partial charge in [0.1, 0.15) is 0 Å². The molecular formula is C11H23FN2. The number of nitrogens with zero attached hydrogens (tertiary/aromatic N) is 2. The van der Waals surface area contributed by atoms with Gasteiger partial charge in [-0.05, 0) is 33.7 Å². The van der Waals surface area contributed by atoms with E-state index in [1.807, 2.05) is 0 Å². The fraction of sp³-hybridized carbons (Fsp3) is 1.00. The molecule has 0 amide bonds. The molecule has 1 fully saturated rings. The van der Waals surface area contributed by atoms with Crippen LogP contribution in [0.15, 0.2) is 0 Å². The highest BCUT2D eigenvalue weighted by Gasteiger charge is 2.26. The third-order valence-electron chi connectivity index (χ3n) is 3.19. The summed E-state index contributed by atoms with van der Waals surface area (Å²) in [5.41, 5.74) is 0. The van der Waals surface area contributed by atoms with Crippen molar-refractivity contribution in [3.05, 3.63) is 0 Å². The Hall–Kier alpha value is -0.150. The van der Waals surface area contributed by atoms with Gasteiger partial charge in [0, 0.05) is 31.7 Å². The van der Waals surface area contributed by atoms with Crippen molar-refractivity contribution in [2.75, 3.05) is 33.4 Å². The van der Waals surface area contributed by atoms with Crippen LogP contribution >= 0.6 is 0 Å². The normalized spacial score (nSPS) is 24.0. The molecule has 0 aromatic heterocycles. The maximum Gasteiger partial charge on any atom is 0.0906 e. The molecule has 14 heavy (non-hydrogen) atoms. The van der Waals surface area contributed by atoms with Gasteiger partial charge in [-0.3, -0.25) is 9.29 Å². The Morgan fingerprint density at radius 3 is 2.71 bits per heavy atom. The lowest BCUT2D eigenvalue weighted by molar-refractivity contribution is 0.208. The lowest BCUT2D eigenvalue weighted by atomic mass is 10.2. The summed E-state index contributed by atoms with van der Waals surface area (Å²) in [5.74, 6) is 0. The summed E-state index contributed by atoms with van der Waals surface area (Å²) >= 11 is 0. The van der Waals surface area contributed by atoms with Gasteiger partial charge in [0.15, 0.2) is 0 Å². The number of likely N-dealkylation sites (N-methyl/N-ethyl adjacent to an activating group) is 1. The first kappa shape index (κ1) is 11.9. The van der Waals surface area contributed by atoms with Crippen LogP contribution in [0, 0.1) is 0 Å². The zero-order valence-electron chi connectivity index (χ0n) is 9.67. The maximum absolute atomic E-state index is 12.0. The first-order valence-corrected chi connectivity index (χ1v) is 5.65. The fourth-order valence-electron chi connectivity index (χ4n) is 2.09. The smallest absolute Gasteiger partial charge is 0.0906 e. The zero-order valence-corrected chi connectivity index (χ0v) is 9.67. The number of rotatable bonds is 5. The molecule has 1 unspecified atom stereocenters. The SMILES string of the molecule is CC(C)N1CCC(N(C)CCCF)C1. The number of alkyl halides is 1. The predicted octanol–water partition coefficient (Wildman–Crippen LogP) is 1.76. The van der Waals surface area contributed by atoms with Gasteiger partial charge in [0.05, 0.1) is 6.67 Å². The third kappa shape index (κ3) is 3.21. The van der Waals surface area contributed by atoms with Crippen molar-refractivity contribution < 1.29 is 4.39 Å². The van der Waals surface area contributed by atoms with E-state index in [4.69, 9.17) is 0 Å². The first-order chi connectivity index (χ1) is 6.65. The molecule has 0 aromatic carbocycles. The van der Waals surface area contributed by atoms with Crippen LogP contribution in [0.1, 0.15) is 26.7 Å². The summed E-state index contributed by atoms with van der Waals surface area (Å²) in [6.07, 6.45) is 1.91. The topological polar surface area (TPSA) is 6.48 Å². The highest BCUT2D eigenvalue weighted by Crippen LogP contribution is 2.16. The Labute approximate surface area is 87.1 Å². The van der Waals surface area contributed by atoms with Crippen molar-refractivity contribution in [2.45, 2.75) is 38.8 Å². The third-order valence-corrected chi connectivity index (χ3v) is 3.19. The quantitative estimate of drug-likeness (QED) is 0.670. The number of halogens is 1. The van der Waals surface area contributed by atoms with E-state index in [1.165, 1.54) is 13.0 Å². The van der Waals surface area contributed by atoms with E-state index in [1.54, 1.807) is 0 Å². The van der Waals surface area contributed by atoms with Crippen molar-refractivity contribution in [2.24, 2.45) is 0 Å². The summed E-state index contributed by atoms with van der Waals surface area (Å²) < 4.78 is 12.0. The second-order valence-corrected chi connectivity index (χ2v) is 4.55. The molecule has 1 aliphatic rings. The molecule has 3 heteroatoms. The van der Waals surface area contributed by atoms with Crippen LogP contribution in [-0.2, 0) is 0 Å². The Balaban J connectivity index is 2.26. The molecule has 1 saturated heterocycles. The maximum atomic E-state index is 12.0. The van der Waals surface area contributed by atoms with Crippen LogP contribution in [0.3, 0.4) is 0 Å². The van der Waals surface area contributed by atoms with Crippen molar-refractivity contribution >= 4 is 0 Å². The van der Waals surface area contributed by atoms with Gasteiger partial charge in [-0.1, -0.05) is 0 Å². The second-order valence-electron chi connectivity index (χ2n) is 4.55. The van der Waals surface area contributed by atoms with E-state index < -0.39 is 0 Å². The first-order valence-electron chi connectivity index (χ1n) is 5.65. The van der Waals surface area contributed by atoms with Gasteiger partial charge in [0.2, 0.25) is 0 Å². The second kappa shape index (κ2) is 5.66. The van der Waals surface area contributed by atoms with Gasteiger partial charge < -0.3 is 4.90 Å². The Morgan fingerprint density at radius 1 is 1.50 bits per heavy atom. The monoisotopic (exact) mass is 202 g/mol. The minimum Gasteiger partial charge on any atom is -0.302 e. The molecule has 0 N–H and O–H groups in total. The predicted molar refractivity (Wildman–Crippen MR) is 58.3 cm³/mol. The molecular weight excluding hydrogens is 179 g/mol. The molecule has 0 aromatic rings. The number of likely N-dealkylation sites (tertiary alicyclic amines) is 1. The number of hydrogen-bond acceptors (Lipinski definition) is 2. The molecule has 2 nitrogen and oxygen atoms in total. The summed E-state index contributed by atoms with van der Waals surface area (Å²) in [5, 5.41) is 0. The Morgan fingerprint density at radius 2 is 2.21 bits per heavy atom. The summed E-state index contributed by atoms with van der Waals surface area (Å²) in [4.78, 5) is 4.80. The lowest BCUT2D eigenvalue weighted by Crippen LogP contribution is -2.37. The highest BCUT2D eigenvalue weighted by atomic mass is 19.1. The van der Waals surface area contributed by atoms with Crippen LogP contribution in [0.25, 0.3) is 0 Å². The van der Waals surface area contributed by atoms with Crippen molar-refractivity contribution in [1.82, 2.24) is 9.80 Å². The lowest BCUT2D eigenvalue weighted by Gasteiger charge is -2.25. The van der Waals surface area contributed by atoms with Gasteiger partial charge in [-0.25, -0.2) is 0 Å². The minimum atomic E-state index is -0.190. The van der Waals surface area contributed by atoms with E-state index in [9.17, 15) is 4.39 Å². The van der Waals surface area contributed by atoms with E-state index >= 15 is 0 Å². The van der Waals surface area contributed by atoms with E-state index in [-0.39, 0.29) is 6.67 Å². The van der Waals surface area contributed by atoms with Gasteiger partial charge in [-0.15, -0.1) is 0 Å². The van der Waals surface area contributed by atoms with E-state index in [2.05, 4.69) is 30.7 Å².